The van der Waals surface area contributed by atoms with Crippen LogP contribution in [-0.4, -0.2) is 71.8 Å². The van der Waals surface area contributed by atoms with E-state index in [0.29, 0.717) is 44.4 Å². The fourth-order valence-corrected chi connectivity index (χ4v) is 3.58. The van der Waals surface area contributed by atoms with Crippen molar-refractivity contribution in [3.8, 4) is 0 Å². The molecule has 2 saturated heterocycles. The average Bonchev–Trinajstić information content (AvgIpc) is 2.97. The number of carbonyl (C=O) groups is 1. The van der Waals surface area contributed by atoms with E-state index in [9.17, 15) is 14.9 Å². The Hall–Kier alpha value is -2.65. The second kappa shape index (κ2) is 8.83. The second-order valence-corrected chi connectivity index (χ2v) is 6.70. The lowest BCUT2D eigenvalue weighted by Crippen LogP contribution is -2.49. The molecule has 0 radical (unpaired) electrons. The molecule has 0 N–H and O–H groups in total. The van der Waals surface area contributed by atoms with E-state index in [4.69, 9.17) is 4.74 Å². The molecule has 0 unspecified atom stereocenters. The topological polar surface area (TPSA) is 105 Å². The molecular weight excluding hydrogens is 352 g/mol. The fourth-order valence-electron chi connectivity index (χ4n) is 3.58. The molecule has 1 amide bonds. The first-order valence-electron chi connectivity index (χ1n) is 9.52. The van der Waals surface area contributed by atoms with Crippen LogP contribution in [0.1, 0.15) is 32.6 Å². The molecule has 27 heavy (non-hydrogen) atoms. The summed E-state index contributed by atoms with van der Waals surface area (Å²) in [6.07, 6.45) is 5.35. The Balaban J connectivity index is 1.80. The molecule has 0 aliphatic carbocycles. The number of hydrogen-bond acceptors (Lipinski definition) is 8. The molecule has 10 heteroatoms. The Labute approximate surface area is 158 Å². The summed E-state index contributed by atoms with van der Waals surface area (Å²) in [6.45, 7) is 5.46. The largest absolute Gasteiger partial charge is 0.450 e. The minimum atomic E-state index is -0.382. The van der Waals surface area contributed by atoms with Crippen LogP contribution in [0.5, 0.6) is 0 Å². The van der Waals surface area contributed by atoms with Crippen molar-refractivity contribution < 1.29 is 14.5 Å². The van der Waals surface area contributed by atoms with Crippen LogP contribution in [-0.2, 0) is 4.74 Å². The Morgan fingerprint density at radius 2 is 1.59 bits per heavy atom. The molecule has 1 aromatic rings. The van der Waals surface area contributed by atoms with E-state index in [-0.39, 0.29) is 16.7 Å². The van der Waals surface area contributed by atoms with E-state index >= 15 is 0 Å². The van der Waals surface area contributed by atoms with Crippen LogP contribution in [0.2, 0.25) is 0 Å². The average molecular weight is 378 g/mol. The summed E-state index contributed by atoms with van der Waals surface area (Å²) in [5, 5.41) is 11.9. The smallest absolute Gasteiger partial charge is 0.409 e. The Morgan fingerprint density at radius 3 is 2.11 bits per heavy atom. The van der Waals surface area contributed by atoms with Gasteiger partial charge in [0.05, 0.1) is 11.5 Å². The van der Waals surface area contributed by atoms with Crippen molar-refractivity contribution in [2.45, 2.75) is 32.6 Å². The van der Waals surface area contributed by atoms with E-state index in [2.05, 4.69) is 9.97 Å². The quantitative estimate of drug-likeness (QED) is 0.579. The van der Waals surface area contributed by atoms with E-state index in [1.807, 2.05) is 9.80 Å². The fraction of sp³-hybridized carbons (Fsp3) is 0.706. The van der Waals surface area contributed by atoms with E-state index in [1.165, 1.54) is 6.33 Å². The highest BCUT2D eigenvalue weighted by molar-refractivity contribution is 5.72. The molecular formula is C17H26N6O4. The van der Waals surface area contributed by atoms with E-state index < -0.39 is 0 Å². The molecule has 0 aromatic carbocycles. The molecule has 148 valence electrons. The number of rotatable bonds is 4. The van der Waals surface area contributed by atoms with Gasteiger partial charge < -0.3 is 19.4 Å². The van der Waals surface area contributed by atoms with Gasteiger partial charge in [0.2, 0.25) is 11.6 Å². The number of aromatic nitrogens is 2. The van der Waals surface area contributed by atoms with Crippen LogP contribution in [0.25, 0.3) is 0 Å². The molecule has 0 spiro atoms. The number of nitrogens with zero attached hydrogens (tertiary/aromatic N) is 6. The van der Waals surface area contributed by atoms with Crippen molar-refractivity contribution in [3.63, 3.8) is 0 Å². The lowest BCUT2D eigenvalue weighted by Gasteiger charge is -2.34. The first-order chi connectivity index (χ1) is 13.1. The molecule has 0 saturated carbocycles. The van der Waals surface area contributed by atoms with Crippen LogP contribution in [0.3, 0.4) is 0 Å². The van der Waals surface area contributed by atoms with Gasteiger partial charge in [-0.15, -0.1) is 0 Å². The summed E-state index contributed by atoms with van der Waals surface area (Å²) >= 11 is 0. The van der Waals surface area contributed by atoms with E-state index in [1.54, 1.807) is 11.8 Å². The predicted molar refractivity (Wildman–Crippen MR) is 100 cm³/mol. The number of hydrogen-bond donors (Lipinski definition) is 0. The van der Waals surface area contributed by atoms with Gasteiger partial charge in [-0.25, -0.2) is 14.8 Å². The van der Waals surface area contributed by atoms with Gasteiger partial charge in [-0.3, -0.25) is 10.1 Å². The van der Waals surface area contributed by atoms with Gasteiger partial charge in [0.1, 0.15) is 6.33 Å². The van der Waals surface area contributed by atoms with Crippen molar-refractivity contribution >= 4 is 23.4 Å². The van der Waals surface area contributed by atoms with Gasteiger partial charge in [0, 0.05) is 39.3 Å². The number of amides is 1. The zero-order valence-electron chi connectivity index (χ0n) is 15.7. The molecule has 3 heterocycles. The van der Waals surface area contributed by atoms with Crippen molar-refractivity contribution in [3.05, 3.63) is 16.4 Å². The zero-order chi connectivity index (χ0) is 19.2. The van der Waals surface area contributed by atoms with Gasteiger partial charge in [0.25, 0.3) is 0 Å². The van der Waals surface area contributed by atoms with Crippen molar-refractivity contribution in [2.24, 2.45) is 0 Å². The third kappa shape index (κ3) is 4.37. The maximum absolute atomic E-state index is 11.9. The van der Waals surface area contributed by atoms with Gasteiger partial charge in [0.15, 0.2) is 0 Å². The highest BCUT2D eigenvalue weighted by Crippen LogP contribution is 2.35. The maximum Gasteiger partial charge on any atom is 0.409 e. The van der Waals surface area contributed by atoms with Gasteiger partial charge in [-0.05, 0) is 19.8 Å². The third-order valence-corrected chi connectivity index (χ3v) is 4.98. The minimum absolute atomic E-state index is 0.0380. The Bertz CT molecular complexity index is 669. The van der Waals surface area contributed by atoms with Crippen molar-refractivity contribution in [1.29, 1.82) is 0 Å². The summed E-state index contributed by atoms with van der Waals surface area (Å²) < 4.78 is 5.02. The molecule has 3 rings (SSSR count). The summed E-state index contributed by atoms with van der Waals surface area (Å²) in [5.74, 6) is 0.734. The molecule has 1 aromatic heterocycles. The summed E-state index contributed by atoms with van der Waals surface area (Å²) in [6, 6.07) is 0. The van der Waals surface area contributed by atoms with Crippen LogP contribution in [0.4, 0.5) is 22.1 Å². The van der Waals surface area contributed by atoms with Crippen molar-refractivity contribution in [1.82, 2.24) is 14.9 Å². The van der Waals surface area contributed by atoms with Gasteiger partial charge in [-0.2, -0.15) is 0 Å². The van der Waals surface area contributed by atoms with Gasteiger partial charge in [-0.1, -0.05) is 12.8 Å². The van der Waals surface area contributed by atoms with Gasteiger partial charge >= 0.3 is 11.8 Å². The standard InChI is InChI=1S/C17H26N6O4/c1-2-27-17(24)22-11-9-21(10-12-22)16-14(23(25)26)15(18-13-19-16)20-7-5-3-4-6-8-20/h13H,2-12H2,1H3. The third-order valence-electron chi connectivity index (χ3n) is 4.98. The molecule has 0 atom stereocenters. The number of nitro groups is 1. The van der Waals surface area contributed by atoms with E-state index in [0.717, 1.165) is 38.8 Å². The number of piperazine rings is 1. The van der Waals surface area contributed by atoms with Crippen LogP contribution < -0.4 is 9.80 Å². The van der Waals surface area contributed by atoms with Crippen LogP contribution in [0.15, 0.2) is 6.33 Å². The highest BCUT2D eigenvalue weighted by atomic mass is 16.6. The zero-order valence-corrected chi connectivity index (χ0v) is 15.7. The second-order valence-electron chi connectivity index (χ2n) is 6.70. The van der Waals surface area contributed by atoms with Crippen LogP contribution in [0, 0.1) is 10.1 Å². The molecule has 0 bridgehead atoms. The number of anilines is 2. The SMILES string of the molecule is CCOC(=O)N1CCN(c2ncnc(N3CCCCCC3)c2[N+](=O)[O-])CC1. The number of carbonyl (C=O) groups excluding carboxylic acids is 1. The Kier molecular flexibility index (Phi) is 6.25. The molecule has 2 fully saturated rings. The predicted octanol–water partition coefficient (Wildman–Crippen LogP) is 2.04. The first kappa shape index (κ1) is 19.1. The highest BCUT2D eigenvalue weighted by Gasteiger charge is 2.32. The number of ether oxygens (including phenoxy) is 1. The lowest BCUT2D eigenvalue weighted by molar-refractivity contribution is -0.383. The summed E-state index contributed by atoms with van der Waals surface area (Å²) in [7, 11) is 0. The molecule has 2 aliphatic rings. The monoisotopic (exact) mass is 378 g/mol. The van der Waals surface area contributed by atoms with Crippen LogP contribution >= 0.6 is 0 Å². The minimum Gasteiger partial charge on any atom is -0.450 e. The summed E-state index contributed by atoms with van der Waals surface area (Å²) in [4.78, 5) is 37.3. The Morgan fingerprint density at radius 1 is 1.04 bits per heavy atom. The maximum atomic E-state index is 11.9. The lowest BCUT2D eigenvalue weighted by atomic mass is 10.2. The normalized spacial score (nSPS) is 18.2. The van der Waals surface area contributed by atoms with Crippen molar-refractivity contribution in [2.75, 3.05) is 55.7 Å². The summed E-state index contributed by atoms with van der Waals surface area (Å²) in [5.41, 5.74) is -0.0380. The molecule has 10 nitrogen and oxygen atoms in total. The molecule has 2 aliphatic heterocycles. The first-order valence-corrected chi connectivity index (χ1v) is 9.52.